The van der Waals surface area contributed by atoms with E-state index in [9.17, 15) is 13.2 Å². The van der Waals surface area contributed by atoms with Crippen LogP contribution in [0.4, 0.5) is 0 Å². The minimum absolute atomic E-state index is 0.0107. The fourth-order valence-corrected chi connectivity index (χ4v) is 5.59. The van der Waals surface area contributed by atoms with Crippen molar-refractivity contribution in [2.45, 2.75) is 42.8 Å². The summed E-state index contributed by atoms with van der Waals surface area (Å²) in [5.74, 6) is -0.0590. The lowest BCUT2D eigenvalue weighted by molar-refractivity contribution is -0.120. The summed E-state index contributed by atoms with van der Waals surface area (Å²) in [6.45, 7) is 2.28. The largest absolute Gasteiger partial charge is 0.351 e. The molecular weight excluding hydrogens is 372 g/mol. The number of thioether (sulfide) groups is 1. The fraction of sp³-hybridized carbons (Fsp3) is 0.471. The molecule has 0 saturated carbocycles. The van der Waals surface area contributed by atoms with Gasteiger partial charge in [0.2, 0.25) is 5.91 Å². The Morgan fingerprint density at radius 2 is 2.27 bits per heavy atom. The number of hydrogen-bond acceptors (Lipinski definition) is 6. The SMILES string of the molecule is C[C@@H](Sc1nc2ccccc2n1CCC#N)C(=O)N[C@H]1CCS(=O)(=O)C1. The predicted octanol–water partition coefficient (Wildman–Crippen LogP) is 1.73. The van der Waals surface area contributed by atoms with Crippen molar-refractivity contribution in [2.75, 3.05) is 11.5 Å². The number of aryl methyl sites for hydroxylation is 1. The quantitative estimate of drug-likeness (QED) is 0.751. The Balaban J connectivity index is 1.73. The van der Waals surface area contributed by atoms with Crippen LogP contribution >= 0.6 is 11.8 Å². The zero-order valence-corrected chi connectivity index (χ0v) is 16.0. The molecule has 2 aromatic rings. The predicted molar refractivity (Wildman–Crippen MR) is 100 cm³/mol. The highest BCUT2D eigenvalue weighted by Gasteiger charge is 2.30. The molecule has 2 heterocycles. The number of nitrogens with zero attached hydrogens (tertiary/aromatic N) is 3. The van der Waals surface area contributed by atoms with Crippen LogP contribution < -0.4 is 5.32 Å². The highest BCUT2D eigenvalue weighted by molar-refractivity contribution is 8.00. The summed E-state index contributed by atoms with van der Waals surface area (Å²) < 4.78 is 25.0. The number of amides is 1. The molecule has 1 amide bonds. The minimum atomic E-state index is -3.03. The smallest absolute Gasteiger partial charge is 0.233 e. The topological polar surface area (TPSA) is 105 Å². The van der Waals surface area contributed by atoms with Crippen molar-refractivity contribution in [1.29, 1.82) is 5.26 Å². The van der Waals surface area contributed by atoms with E-state index in [1.54, 1.807) is 6.92 Å². The van der Waals surface area contributed by atoms with Gasteiger partial charge in [-0.3, -0.25) is 4.79 Å². The molecule has 0 radical (unpaired) electrons. The van der Waals surface area contributed by atoms with Gasteiger partial charge in [0.1, 0.15) is 0 Å². The summed E-state index contributed by atoms with van der Waals surface area (Å²) in [5.41, 5.74) is 1.75. The van der Waals surface area contributed by atoms with Crippen LogP contribution in [0.2, 0.25) is 0 Å². The molecule has 1 fully saturated rings. The van der Waals surface area contributed by atoms with Crippen LogP contribution in [-0.4, -0.2) is 46.7 Å². The molecule has 1 aliphatic rings. The molecule has 0 spiro atoms. The number of carbonyl (C=O) groups excluding carboxylic acids is 1. The first-order valence-corrected chi connectivity index (χ1v) is 11.1. The number of sulfone groups is 1. The fourth-order valence-electron chi connectivity index (χ4n) is 2.96. The molecule has 9 heteroatoms. The zero-order valence-electron chi connectivity index (χ0n) is 14.4. The van der Waals surface area contributed by atoms with E-state index in [4.69, 9.17) is 5.26 Å². The van der Waals surface area contributed by atoms with Gasteiger partial charge in [-0.2, -0.15) is 5.26 Å². The molecule has 1 saturated heterocycles. The molecule has 1 N–H and O–H groups in total. The van der Waals surface area contributed by atoms with Crippen LogP contribution in [0, 0.1) is 11.3 Å². The van der Waals surface area contributed by atoms with Gasteiger partial charge in [-0.25, -0.2) is 13.4 Å². The van der Waals surface area contributed by atoms with E-state index in [0.717, 1.165) is 11.0 Å². The maximum Gasteiger partial charge on any atom is 0.233 e. The van der Waals surface area contributed by atoms with E-state index >= 15 is 0 Å². The van der Waals surface area contributed by atoms with Crippen molar-refractivity contribution in [3.05, 3.63) is 24.3 Å². The number of carbonyl (C=O) groups is 1. The summed E-state index contributed by atoms with van der Waals surface area (Å²) >= 11 is 1.32. The first-order chi connectivity index (χ1) is 12.4. The lowest BCUT2D eigenvalue weighted by atomic mass is 10.2. The number of hydrogen-bond donors (Lipinski definition) is 1. The van der Waals surface area contributed by atoms with E-state index in [1.807, 2.05) is 28.8 Å². The first kappa shape index (κ1) is 18.7. The number of aromatic nitrogens is 2. The Hall–Kier alpha value is -2.05. The third-order valence-corrected chi connectivity index (χ3v) is 7.16. The Bertz CT molecular complexity index is 962. The van der Waals surface area contributed by atoms with E-state index in [1.165, 1.54) is 11.8 Å². The second-order valence-corrected chi connectivity index (χ2v) is 9.85. The maximum absolute atomic E-state index is 12.4. The molecule has 1 aromatic carbocycles. The molecule has 2 atom stereocenters. The molecular formula is C17H20N4O3S2. The molecule has 3 rings (SSSR count). The summed E-state index contributed by atoms with van der Waals surface area (Å²) in [5, 5.41) is 12.0. The zero-order chi connectivity index (χ0) is 18.7. The van der Waals surface area contributed by atoms with Crippen molar-refractivity contribution in [1.82, 2.24) is 14.9 Å². The second kappa shape index (κ2) is 7.68. The third kappa shape index (κ3) is 4.19. The van der Waals surface area contributed by atoms with Crippen molar-refractivity contribution >= 4 is 38.5 Å². The molecule has 7 nitrogen and oxygen atoms in total. The Morgan fingerprint density at radius 1 is 1.50 bits per heavy atom. The van der Waals surface area contributed by atoms with E-state index in [0.29, 0.717) is 24.5 Å². The Morgan fingerprint density at radius 3 is 2.96 bits per heavy atom. The van der Waals surface area contributed by atoms with Crippen LogP contribution in [0.1, 0.15) is 19.8 Å². The lowest BCUT2D eigenvalue weighted by Crippen LogP contribution is -2.40. The van der Waals surface area contributed by atoms with Crippen LogP contribution in [0.25, 0.3) is 11.0 Å². The number of fused-ring (bicyclic) bond motifs is 1. The number of imidazole rings is 1. The Labute approximate surface area is 156 Å². The molecule has 1 aromatic heterocycles. The molecule has 26 heavy (non-hydrogen) atoms. The monoisotopic (exact) mass is 392 g/mol. The van der Waals surface area contributed by atoms with E-state index in [-0.39, 0.29) is 23.5 Å². The average molecular weight is 393 g/mol. The van der Waals surface area contributed by atoms with Crippen molar-refractivity contribution < 1.29 is 13.2 Å². The van der Waals surface area contributed by atoms with Crippen molar-refractivity contribution in [2.24, 2.45) is 0 Å². The molecule has 1 aliphatic heterocycles. The van der Waals surface area contributed by atoms with Crippen LogP contribution in [0.3, 0.4) is 0 Å². The number of rotatable bonds is 6. The van der Waals surface area contributed by atoms with Gasteiger partial charge in [0.05, 0.1) is 40.3 Å². The highest BCUT2D eigenvalue weighted by Crippen LogP contribution is 2.28. The summed E-state index contributed by atoms with van der Waals surface area (Å²) in [7, 11) is -3.03. The normalized spacial score (nSPS) is 19.9. The third-order valence-electron chi connectivity index (χ3n) is 4.30. The van der Waals surface area contributed by atoms with Gasteiger partial charge in [-0.1, -0.05) is 23.9 Å². The second-order valence-electron chi connectivity index (χ2n) is 6.31. The van der Waals surface area contributed by atoms with Gasteiger partial charge >= 0.3 is 0 Å². The number of nitriles is 1. The molecule has 0 unspecified atom stereocenters. The molecule has 0 bridgehead atoms. The minimum Gasteiger partial charge on any atom is -0.351 e. The van der Waals surface area contributed by atoms with Crippen molar-refractivity contribution in [3.63, 3.8) is 0 Å². The summed E-state index contributed by atoms with van der Waals surface area (Å²) in [4.78, 5) is 17.0. The lowest BCUT2D eigenvalue weighted by Gasteiger charge is -2.16. The van der Waals surface area contributed by atoms with Gasteiger partial charge in [0.15, 0.2) is 15.0 Å². The molecule has 138 valence electrons. The van der Waals surface area contributed by atoms with Crippen molar-refractivity contribution in [3.8, 4) is 6.07 Å². The highest BCUT2D eigenvalue weighted by atomic mass is 32.2. The average Bonchev–Trinajstić information content (AvgIpc) is 3.12. The van der Waals surface area contributed by atoms with E-state index in [2.05, 4.69) is 16.4 Å². The van der Waals surface area contributed by atoms with Gasteiger partial charge in [-0.15, -0.1) is 0 Å². The van der Waals surface area contributed by atoms with Gasteiger partial charge in [-0.05, 0) is 25.5 Å². The first-order valence-electron chi connectivity index (χ1n) is 8.39. The Kier molecular flexibility index (Phi) is 5.53. The van der Waals surface area contributed by atoms with Gasteiger partial charge in [0, 0.05) is 12.6 Å². The standard InChI is InChI=1S/C17H20N4O3S2/c1-12(16(22)19-13-7-10-26(23,24)11-13)25-17-20-14-5-2-3-6-15(14)21(17)9-4-8-18/h2-3,5-6,12-13H,4,7,9-11H2,1H3,(H,19,22)/t12-,13+/m1/s1. The van der Waals surface area contributed by atoms with Gasteiger partial charge in [0.25, 0.3) is 0 Å². The van der Waals surface area contributed by atoms with Crippen LogP contribution in [0.15, 0.2) is 29.4 Å². The summed E-state index contributed by atoms with van der Waals surface area (Å²) in [6, 6.07) is 9.48. The molecule has 0 aliphatic carbocycles. The summed E-state index contributed by atoms with van der Waals surface area (Å²) in [6.07, 6.45) is 0.820. The number of nitrogens with one attached hydrogen (secondary N) is 1. The van der Waals surface area contributed by atoms with Crippen LogP contribution in [-0.2, 0) is 21.2 Å². The van der Waals surface area contributed by atoms with E-state index < -0.39 is 15.1 Å². The maximum atomic E-state index is 12.4. The van der Waals surface area contributed by atoms with Gasteiger partial charge < -0.3 is 9.88 Å². The number of benzene rings is 1. The number of para-hydroxylation sites is 2. The van der Waals surface area contributed by atoms with Crippen LogP contribution in [0.5, 0.6) is 0 Å².